The van der Waals surface area contributed by atoms with Crippen LogP contribution in [0.5, 0.6) is 0 Å². The fourth-order valence-corrected chi connectivity index (χ4v) is 2.94. The lowest BCUT2D eigenvalue weighted by Crippen LogP contribution is -2.44. The maximum atomic E-state index is 11.8. The highest BCUT2D eigenvalue weighted by atomic mass is 16.6. The second-order valence-corrected chi connectivity index (χ2v) is 7.35. The molecule has 0 saturated heterocycles. The van der Waals surface area contributed by atoms with Crippen molar-refractivity contribution in [3.8, 4) is 0 Å². The van der Waals surface area contributed by atoms with E-state index in [1.807, 2.05) is 40.2 Å². The maximum absolute atomic E-state index is 11.8. The highest BCUT2D eigenvalue weighted by molar-refractivity contribution is 5.68. The van der Waals surface area contributed by atoms with E-state index in [9.17, 15) is 4.79 Å². The van der Waals surface area contributed by atoms with Crippen LogP contribution in [0, 0.1) is 0 Å². The van der Waals surface area contributed by atoms with E-state index in [2.05, 4.69) is 20.2 Å². The minimum atomic E-state index is -0.437. The van der Waals surface area contributed by atoms with Crippen LogP contribution in [-0.2, 0) is 18.2 Å². The summed E-state index contributed by atoms with van der Waals surface area (Å²) >= 11 is 0. The van der Waals surface area contributed by atoms with Crippen molar-refractivity contribution in [2.75, 3.05) is 6.54 Å². The van der Waals surface area contributed by atoms with Gasteiger partial charge < -0.3 is 19.9 Å². The molecule has 1 saturated carbocycles. The molecule has 6 heteroatoms. The molecule has 0 radical (unpaired) electrons. The molecule has 0 aliphatic heterocycles. The first-order valence-corrected chi connectivity index (χ1v) is 8.52. The van der Waals surface area contributed by atoms with Gasteiger partial charge in [0.1, 0.15) is 11.4 Å². The minimum Gasteiger partial charge on any atom is -0.444 e. The number of nitrogens with zero attached hydrogens (tertiary/aromatic N) is 2. The van der Waals surface area contributed by atoms with Crippen molar-refractivity contribution in [1.82, 2.24) is 20.2 Å². The first kappa shape index (κ1) is 17.8. The van der Waals surface area contributed by atoms with Gasteiger partial charge in [-0.3, -0.25) is 0 Å². The van der Waals surface area contributed by atoms with E-state index in [4.69, 9.17) is 4.74 Å². The van der Waals surface area contributed by atoms with Gasteiger partial charge in [0, 0.05) is 44.5 Å². The number of hydrogen-bond acceptors (Lipinski definition) is 4. The van der Waals surface area contributed by atoms with E-state index < -0.39 is 5.60 Å². The summed E-state index contributed by atoms with van der Waals surface area (Å²) < 4.78 is 7.37. The van der Waals surface area contributed by atoms with Gasteiger partial charge >= 0.3 is 6.09 Å². The van der Waals surface area contributed by atoms with Crippen LogP contribution >= 0.6 is 0 Å². The average molecular weight is 322 g/mol. The number of ether oxygens (including phenoxy) is 1. The number of imidazole rings is 1. The predicted molar refractivity (Wildman–Crippen MR) is 90.3 cm³/mol. The molecule has 1 aliphatic rings. The molecule has 0 spiro atoms. The normalized spacial score (nSPS) is 21.9. The van der Waals surface area contributed by atoms with Crippen molar-refractivity contribution < 1.29 is 9.53 Å². The molecule has 0 atom stereocenters. The Morgan fingerprint density at radius 2 is 1.96 bits per heavy atom. The number of amides is 1. The third kappa shape index (κ3) is 6.22. The molecule has 0 aromatic carbocycles. The lowest BCUT2D eigenvalue weighted by atomic mass is 9.91. The van der Waals surface area contributed by atoms with Gasteiger partial charge in [-0.2, -0.15) is 0 Å². The zero-order valence-corrected chi connectivity index (χ0v) is 14.8. The molecular formula is C17H30N4O2. The molecule has 2 N–H and O–H groups in total. The molecule has 0 bridgehead atoms. The fraction of sp³-hybridized carbons (Fsp3) is 0.765. The lowest BCUT2D eigenvalue weighted by Gasteiger charge is -2.30. The first-order valence-electron chi connectivity index (χ1n) is 8.52. The van der Waals surface area contributed by atoms with Crippen LogP contribution in [0.4, 0.5) is 4.79 Å². The summed E-state index contributed by atoms with van der Waals surface area (Å²) in [5.41, 5.74) is -0.437. The van der Waals surface area contributed by atoms with E-state index in [0.717, 1.165) is 44.5 Å². The van der Waals surface area contributed by atoms with Gasteiger partial charge in [0.05, 0.1) is 0 Å². The quantitative estimate of drug-likeness (QED) is 0.873. The van der Waals surface area contributed by atoms with Gasteiger partial charge in [0.25, 0.3) is 0 Å². The third-order valence-corrected chi connectivity index (χ3v) is 4.15. The van der Waals surface area contributed by atoms with Crippen molar-refractivity contribution in [2.45, 2.75) is 70.6 Å². The number of rotatable bonds is 5. The van der Waals surface area contributed by atoms with Gasteiger partial charge in [-0.05, 0) is 46.5 Å². The molecule has 1 heterocycles. The molecular weight excluding hydrogens is 292 g/mol. The Morgan fingerprint density at radius 1 is 1.30 bits per heavy atom. The molecule has 1 aromatic heterocycles. The molecule has 130 valence electrons. The first-order chi connectivity index (χ1) is 10.8. The van der Waals surface area contributed by atoms with E-state index in [-0.39, 0.29) is 12.1 Å². The van der Waals surface area contributed by atoms with E-state index in [1.54, 1.807) is 0 Å². The maximum Gasteiger partial charge on any atom is 0.407 e. The van der Waals surface area contributed by atoms with Crippen LogP contribution in [0.25, 0.3) is 0 Å². The monoisotopic (exact) mass is 322 g/mol. The summed E-state index contributed by atoms with van der Waals surface area (Å²) in [6.45, 7) is 6.60. The lowest BCUT2D eigenvalue weighted by molar-refractivity contribution is 0.0490. The number of carbonyl (C=O) groups excluding carboxylic acids is 1. The SMILES string of the molecule is Cn1ccnc1CCNC1CCC(NC(=O)OC(C)(C)C)CC1. The zero-order chi connectivity index (χ0) is 16.9. The average Bonchev–Trinajstić information content (AvgIpc) is 2.84. The summed E-state index contributed by atoms with van der Waals surface area (Å²) in [7, 11) is 2.02. The van der Waals surface area contributed by atoms with Gasteiger partial charge in [-0.1, -0.05) is 0 Å². The number of alkyl carbamates (subject to hydrolysis) is 1. The van der Waals surface area contributed by atoms with Crippen LogP contribution in [0.15, 0.2) is 12.4 Å². The Balaban J connectivity index is 1.62. The summed E-state index contributed by atoms with van der Waals surface area (Å²) in [5, 5.41) is 6.58. The second-order valence-electron chi connectivity index (χ2n) is 7.35. The van der Waals surface area contributed by atoms with Crippen molar-refractivity contribution in [2.24, 2.45) is 7.05 Å². The Labute approximate surface area is 139 Å². The Bertz CT molecular complexity index is 499. The Hall–Kier alpha value is -1.56. The Kier molecular flexibility index (Phi) is 6.04. The van der Waals surface area contributed by atoms with Crippen molar-refractivity contribution >= 4 is 6.09 Å². The van der Waals surface area contributed by atoms with Crippen molar-refractivity contribution in [3.05, 3.63) is 18.2 Å². The molecule has 1 fully saturated rings. The smallest absolute Gasteiger partial charge is 0.407 e. The van der Waals surface area contributed by atoms with E-state index in [0.29, 0.717) is 6.04 Å². The van der Waals surface area contributed by atoms with E-state index in [1.165, 1.54) is 0 Å². The summed E-state index contributed by atoms with van der Waals surface area (Å²) in [6.07, 6.45) is 8.62. The summed E-state index contributed by atoms with van der Waals surface area (Å²) in [6, 6.07) is 0.768. The highest BCUT2D eigenvalue weighted by Gasteiger charge is 2.24. The van der Waals surface area contributed by atoms with Crippen molar-refractivity contribution in [1.29, 1.82) is 0 Å². The minimum absolute atomic E-state index is 0.234. The molecule has 23 heavy (non-hydrogen) atoms. The topological polar surface area (TPSA) is 68.2 Å². The van der Waals surface area contributed by atoms with Gasteiger partial charge in [-0.15, -0.1) is 0 Å². The van der Waals surface area contributed by atoms with Crippen LogP contribution in [0.2, 0.25) is 0 Å². The second kappa shape index (κ2) is 7.81. The molecule has 6 nitrogen and oxygen atoms in total. The molecule has 1 aliphatic carbocycles. The van der Waals surface area contributed by atoms with Crippen LogP contribution in [-0.4, -0.2) is 39.9 Å². The number of aromatic nitrogens is 2. The number of carbonyl (C=O) groups is 1. The molecule has 2 rings (SSSR count). The third-order valence-electron chi connectivity index (χ3n) is 4.15. The van der Waals surface area contributed by atoms with Crippen molar-refractivity contribution in [3.63, 3.8) is 0 Å². The van der Waals surface area contributed by atoms with Crippen LogP contribution in [0.1, 0.15) is 52.3 Å². The fourth-order valence-electron chi connectivity index (χ4n) is 2.94. The van der Waals surface area contributed by atoms with Crippen LogP contribution < -0.4 is 10.6 Å². The van der Waals surface area contributed by atoms with Gasteiger partial charge in [0.15, 0.2) is 0 Å². The number of nitrogens with one attached hydrogen (secondary N) is 2. The summed E-state index contributed by atoms with van der Waals surface area (Å²) in [4.78, 5) is 16.1. The number of hydrogen-bond donors (Lipinski definition) is 2. The predicted octanol–water partition coefficient (Wildman–Crippen LogP) is 2.39. The molecule has 0 unspecified atom stereocenters. The van der Waals surface area contributed by atoms with Gasteiger partial charge in [-0.25, -0.2) is 9.78 Å². The summed E-state index contributed by atoms with van der Waals surface area (Å²) in [5.74, 6) is 1.11. The standard InChI is InChI=1S/C17H30N4O2/c1-17(2,3)23-16(22)20-14-7-5-13(6-8-14)18-10-9-15-19-11-12-21(15)4/h11-14,18H,5-10H2,1-4H3,(H,20,22). The van der Waals surface area contributed by atoms with Gasteiger partial charge in [0.2, 0.25) is 0 Å². The Morgan fingerprint density at radius 3 is 2.52 bits per heavy atom. The molecule has 1 amide bonds. The zero-order valence-electron chi connectivity index (χ0n) is 14.8. The largest absolute Gasteiger partial charge is 0.444 e. The van der Waals surface area contributed by atoms with Crippen LogP contribution in [0.3, 0.4) is 0 Å². The highest BCUT2D eigenvalue weighted by Crippen LogP contribution is 2.19. The van der Waals surface area contributed by atoms with E-state index >= 15 is 0 Å². The number of aryl methyl sites for hydroxylation is 1. The molecule has 1 aromatic rings.